The van der Waals surface area contributed by atoms with Crippen LogP contribution in [0, 0.1) is 12.8 Å². The van der Waals surface area contributed by atoms with Gasteiger partial charge >= 0.3 is 0 Å². The first-order valence-electron chi connectivity index (χ1n) is 8.71. The first kappa shape index (κ1) is 15.6. The van der Waals surface area contributed by atoms with E-state index in [-0.39, 0.29) is 17.4 Å². The molecule has 0 spiro atoms. The van der Waals surface area contributed by atoms with Crippen molar-refractivity contribution in [2.75, 3.05) is 13.1 Å². The van der Waals surface area contributed by atoms with E-state index in [1.807, 2.05) is 23.1 Å². The summed E-state index contributed by atoms with van der Waals surface area (Å²) in [6, 6.07) is 5.47. The molecule has 132 valence electrons. The average Bonchev–Trinajstić information content (AvgIpc) is 3.26. The van der Waals surface area contributed by atoms with Crippen LogP contribution in [0.2, 0.25) is 0 Å². The Kier molecular flexibility index (Phi) is 3.43. The fraction of sp³-hybridized carbons (Fsp3) is 0.389. The van der Waals surface area contributed by atoms with Crippen LogP contribution in [0.4, 0.5) is 0 Å². The summed E-state index contributed by atoms with van der Waals surface area (Å²) < 4.78 is 8.40. The molecule has 0 bridgehead atoms. The van der Waals surface area contributed by atoms with Gasteiger partial charge in [0.2, 0.25) is 0 Å². The van der Waals surface area contributed by atoms with Crippen molar-refractivity contribution in [2.45, 2.75) is 25.7 Å². The minimum Gasteiger partial charge on any atom is -0.338 e. The second kappa shape index (κ2) is 5.70. The molecule has 1 N–H and O–H groups in total. The maximum atomic E-state index is 13.0. The van der Waals surface area contributed by atoms with Crippen LogP contribution in [0.1, 0.15) is 39.8 Å². The Morgan fingerprint density at radius 3 is 3.00 bits per heavy atom. The zero-order valence-electron chi connectivity index (χ0n) is 14.2. The van der Waals surface area contributed by atoms with Crippen LogP contribution in [0.3, 0.4) is 0 Å². The molecular weight excluding hydrogens is 350 g/mol. The van der Waals surface area contributed by atoms with E-state index in [9.17, 15) is 9.59 Å². The third-order valence-corrected chi connectivity index (χ3v) is 6.07. The molecule has 7 nitrogen and oxygen atoms in total. The third-order valence-electron chi connectivity index (χ3n) is 5.51. The summed E-state index contributed by atoms with van der Waals surface area (Å²) in [6.07, 6.45) is 1.65. The van der Waals surface area contributed by atoms with Crippen molar-refractivity contribution < 1.29 is 4.79 Å². The van der Waals surface area contributed by atoms with Crippen molar-refractivity contribution in [3.8, 4) is 0 Å². The molecule has 1 aliphatic heterocycles. The number of H-pyrrole nitrogens is 1. The Bertz CT molecular complexity index is 1090. The van der Waals surface area contributed by atoms with Gasteiger partial charge in [0.05, 0.1) is 17.4 Å². The Balaban J connectivity index is 1.46. The predicted octanol–water partition coefficient (Wildman–Crippen LogP) is 1.89. The molecule has 1 aliphatic carbocycles. The van der Waals surface area contributed by atoms with E-state index >= 15 is 0 Å². The van der Waals surface area contributed by atoms with E-state index in [1.54, 1.807) is 6.92 Å². The number of fused-ring (bicyclic) bond motifs is 4. The first-order valence-corrected chi connectivity index (χ1v) is 9.44. The molecule has 8 heteroatoms. The zero-order valence-corrected chi connectivity index (χ0v) is 15.0. The molecule has 3 aromatic rings. The van der Waals surface area contributed by atoms with Gasteiger partial charge < -0.3 is 9.88 Å². The van der Waals surface area contributed by atoms with Crippen LogP contribution >= 0.6 is 11.7 Å². The van der Waals surface area contributed by atoms with Crippen molar-refractivity contribution in [3.63, 3.8) is 0 Å². The summed E-state index contributed by atoms with van der Waals surface area (Å²) in [5, 5.41) is 0. The molecule has 2 aliphatic rings. The lowest BCUT2D eigenvalue weighted by molar-refractivity contribution is 0.0786. The van der Waals surface area contributed by atoms with Gasteiger partial charge in [0, 0.05) is 30.1 Å². The zero-order chi connectivity index (χ0) is 17.8. The van der Waals surface area contributed by atoms with Gasteiger partial charge in [0.25, 0.3) is 11.5 Å². The molecule has 26 heavy (non-hydrogen) atoms. The molecule has 0 radical (unpaired) electrons. The molecule has 2 aromatic heterocycles. The van der Waals surface area contributed by atoms with Gasteiger partial charge in [-0.25, -0.2) is 4.98 Å². The van der Waals surface area contributed by atoms with Gasteiger partial charge in [-0.05, 0) is 43.9 Å². The maximum Gasteiger partial charge on any atom is 0.254 e. The highest BCUT2D eigenvalue weighted by atomic mass is 32.1. The van der Waals surface area contributed by atoms with E-state index in [1.165, 1.54) is 0 Å². The smallest absolute Gasteiger partial charge is 0.254 e. The van der Waals surface area contributed by atoms with E-state index < -0.39 is 0 Å². The summed E-state index contributed by atoms with van der Waals surface area (Å²) in [5.74, 6) is 1.16. The fourth-order valence-corrected chi connectivity index (χ4v) is 4.76. The van der Waals surface area contributed by atoms with Crippen molar-refractivity contribution >= 4 is 28.7 Å². The highest BCUT2D eigenvalue weighted by Crippen LogP contribution is 2.39. The van der Waals surface area contributed by atoms with E-state index in [4.69, 9.17) is 0 Å². The van der Waals surface area contributed by atoms with Crippen molar-refractivity contribution in [1.82, 2.24) is 23.6 Å². The summed E-state index contributed by atoms with van der Waals surface area (Å²) in [7, 11) is 0. The minimum absolute atomic E-state index is 0.0115. The van der Waals surface area contributed by atoms with Crippen molar-refractivity contribution in [2.24, 2.45) is 5.92 Å². The highest BCUT2D eigenvalue weighted by Gasteiger charge is 2.41. The summed E-state index contributed by atoms with van der Waals surface area (Å²) in [6.45, 7) is 3.13. The number of rotatable bonds is 1. The topological polar surface area (TPSA) is 91.8 Å². The number of hydrogen-bond donors (Lipinski definition) is 1. The molecule has 5 rings (SSSR count). The summed E-state index contributed by atoms with van der Waals surface area (Å²) in [4.78, 5) is 34.5. The first-order chi connectivity index (χ1) is 12.6. The normalized spacial score (nSPS) is 21.7. The lowest BCUT2D eigenvalue weighted by atomic mass is 9.80. The number of aryl methyl sites for hydroxylation is 1. The van der Waals surface area contributed by atoms with E-state index in [0.717, 1.165) is 46.9 Å². The lowest BCUT2D eigenvalue weighted by Gasteiger charge is -2.25. The van der Waals surface area contributed by atoms with Crippen LogP contribution in [0.5, 0.6) is 0 Å². The number of aromatic nitrogens is 4. The molecule has 0 saturated carbocycles. The van der Waals surface area contributed by atoms with Gasteiger partial charge in [0.15, 0.2) is 0 Å². The van der Waals surface area contributed by atoms with Gasteiger partial charge in [-0.15, -0.1) is 0 Å². The standard InChI is InChI=1S/C18H17N5O2S/c1-9-19-16-12(17(24)20-9)4-2-11-7-23(8-13(11)16)18(25)10-3-5-14-15(6-10)22-26-21-14/h3,5-6,11,13H,2,4,7-8H2,1H3,(H,19,20,24)/t11-,13+/m1/s1. The predicted molar refractivity (Wildman–Crippen MR) is 97.5 cm³/mol. The largest absolute Gasteiger partial charge is 0.338 e. The van der Waals surface area contributed by atoms with E-state index in [0.29, 0.717) is 30.4 Å². The monoisotopic (exact) mass is 367 g/mol. The van der Waals surface area contributed by atoms with Crippen LogP contribution < -0.4 is 5.56 Å². The molecule has 0 unspecified atom stereocenters. The molecule has 1 fully saturated rings. The molecule has 2 atom stereocenters. The number of carbonyl (C=O) groups excluding carboxylic acids is 1. The maximum absolute atomic E-state index is 13.0. The molecule has 3 heterocycles. The van der Waals surface area contributed by atoms with Gasteiger partial charge in [0.1, 0.15) is 16.9 Å². The number of hydrogen-bond acceptors (Lipinski definition) is 6. The molecule has 1 amide bonds. The minimum atomic E-state index is -0.0304. The van der Waals surface area contributed by atoms with Crippen LogP contribution in [0.15, 0.2) is 23.0 Å². The molecule has 1 saturated heterocycles. The second-order valence-corrected chi connectivity index (χ2v) is 7.63. The Morgan fingerprint density at radius 1 is 1.27 bits per heavy atom. The number of amides is 1. The number of benzene rings is 1. The lowest BCUT2D eigenvalue weighted by Crippen LogP contribution is -2.29. The highest BCUT2D eigenvalue weighted by molar-refractivity contribution is 7.00. The average molecular weight is 367 g/mol. The van der Waals surface area contributed by atoms with E-state index in [2.05, 4.69) is 18.7 Å². The number of carbonyl (C=O) groups is 1. The van der Waals surface area contributed by atoms with Crippen LogP contribution in [0.25, 0.3) is 11.0 Å². The summed E-state index contributed by atoms with van der Waals surface area (Å²) in [5.41, 5.74) is 3.86. The summed E-state index contributed by atoms with van der Waals surface area (Å²) >= 11 is 1.15. The van der Waals surface area contributed by atoms with Crippen LogP contribution in [-0.2, 0) is 6.42 Å². The molecule has 1 aromatic carbocycles. The van der Waals surface area contributed by atoms with Gasteiger partial charge in [-0.1, -0.05) is 0 Å². The second-order valence-electron chi connectivity index (χ2n) is 7.10. The Hall–Kier alpha value is -2.61. The van der Waals surface area contributed by atoms with Crippen molar-refractivity contribution in [1.29, 1.82) is 0 Å². The molecular formula is C18H17N5O2S. The quantitative estimate of drug-likeness (QED) is 0.709. The van der Waals surface area contributed by atoms with Crippen molar-refractivity contribution in [3.05, 3.63) is 51.2 Å². The fourth-order valence-electron chi connectivity index (χ4n) is 4.25. The number of nitrogens with zero attached hydrogens (tertiary/aromatic N) is 4. The Labute approximate surface area is 153 Å². The number of likely N-dealkylation sites (tertiary alicyclic amines) is 1. The van der Waals surface area contributed by atoms with Gasteiger partial charge in [-0.2, -0.15) is 8.75 Å². The number of nitrogens with one attached hydrogen (secondary N) is 1. The SMILES string of the molecule is Cc1nc2c(c(=O)[nH]1)CC[C@@H]1CN(C(=O)c3ccc4nsnc4c3)C[C@H]21. The van der Waals surface area contributed by atoms with Gasteiger partial charge in [-0.3, -0.25) is 9.59 Å². The Morgan fingerprint density at radius 2 is 2.12 bits per heavy atom. The number of aromatic amines is 1. The third kappa shape index (κ3) is 2.36. The van der Waals surface area contributed by atoms with Crippen LogP contribution in [-0.4, -0.2) is 42.6 Å².